The van der Waals surface area contributed by atoms with Crippen LogP contribution in [0.5, 0.6) is 5.75 Å². The minimum Gasteiger partial charge on any atom is -1.00 e. The molecule has 1 saturated heterocycles. The number of morpholine rings is 1. The molecule has 0 saturated carbocycles. The first-order valence-electron chi connectivity index (χ1n) is 9.44. The fraction of sp³-hybridized carbons (Fsp3) is 0.261. The van der Waals surface area contributed by atoms with E-state index < -0.39 is 0 Å². The van der Waals surface area contributed by atoms with E-state index in [9.17, 15) is 4.79 Å². The average Bonchev–Trinajstić information content (AvgIpc) is 2.70. The number of fused-ring (bicyclic) bond motifs is 1. The Morgan fingerprint density at radius 1 is 1.03 bits per heavy atom. The number of hydrogen-bond donors (Lipinski definition) is 0. The van der Waals surface area contributed by atoms with Gasteiger partial charge in [-0.1, -0.05) is 46.3 Å². The van der Waals surface area contributed by atoms with E-state index in [1.165, 1.54) is 0 Å². The third-order valence-corrected chi connectivity index (χ3v) is 5.87. The number of carbonyl (C=O) groups is 1. The maximum atomic E-state index is 12.8. The number of carbonyl (C=O) groups excluding carboxylic acids is 1. The molecule has 0 unspecified atom stereocenters. The lowest BCUT2D eigenvalue weighted by molar-refractivity contribution is -0.929. The summed E-state index contributed by atoms with van der Waals surface area (Å²) in [6.45, 7) is 4.23. The van der Waals surface area contributed by atoms with E-state index in [1.54, 1.807) is 12.1 Å². The van der Waals surface area contributed by atoms with Gasteiger partial charge in [0, 0.05) is 15.4 Å². The molecule has 0 radical (unpaired) electrons. The summed E-state index contributed by atoms with van der Waals surface area (Å²) in [5, 5.41) is 2.03. The Kier molecular flexibility index (Phi) is 7.32. The Bertz CT molecular complexity index is 1000. The normalized spacial score (nSPS) is 15.5. The van der Waals surface area contributed by atoms with E-state index in [4.69, 9.17) is 9.47 Å². The van der Waals surface area contributed by atoms with E-state index in [-0.39, 0.29) is 29.9 Å². The Morgan fingerprint density at radius 3 is 2.45 bits per heavy atom. The minimum absolute atomic E-state index is 0. The molecule has 0 spiro atoms. The van der Waals surface area contributed by atoms with Crippen LogP contribution < -0.4 is 28.7 Å². The van der Waals surface area contributed by atoms with Gasteiger partial charge in [0.15, 0.2) is 0 Å². The highest BCUT2D eigenvalue weighted by molar-refractivity contribution is 9.10. The maximum Gasteiger partial charge on any atom is 0.343 e. The topological polar surface area (TPSA) is 35.5 Å². The van der Waals surface area contributed by atoms with Crippen molar-refractivity contribution in [2.75, 3.05) is 33.4 Å². The first-order valence-corrected chi connectivity index (χ1v) is 10.2. The van der Waals surface area contributed by atoms with Crippen LogP contribution in [0.1, 0.15) is 15.9 Å². The first-order chi connectivity index (χ1) is 13.5. The van der Waals surface area contributed by atoms with Crippen molar-refractivity contribution >= 4 is 32.7 Å². The molecule has 0 aliphatic carbocycles. The molecule has 0 amide bonds. The van der Waals surface area contributed by atoms with Crippen LogP contribution in [-0.2, 0) is 11.3 Å². The Balaban J connectivity index is 0.00000240. The van der Waals surface area contributed by atoms with Gasteiger partial charge in [0.1, 0.15) is 25.4 Å². The average molecular weight is 568 g/mol. The van der Waals surface area contributed by atoms with Crippen molar-refractivity contribution in [2.24, 2.45) is 0 Å². The summed E-state index contributed by atoms with van der Waals surface area (Å²) in [5.74, 6) is 0.326. The van der Waals surface area contributed by atoms with Crippen molar-refractivity contribution in [3.63, 3.8) is 0 Å². The van der Waals surface area contributed by atoms with Gasteiger partial charge in [-0.05, 0) is 35.7 Å². The molecule has 3 aromatic carbocycles. The third kappa shape index (κ3) is 5.17. The van der Waals surface area contributed by atoms with E-state index >= 15 is 0 Å². The summed E-state index contributed by atoms with van der Waals surface area (Å²) in [6, 6.07) is 19.5. The molecule has 3 aromatic rings. The largest absolute Gasteiger partial charge is 1.00 e. The van der Waals surface area contributed by atoms with Crippen molar-refractivity contribution in [2.45, 2.75) is 6.54 Å². The number of quaternary nitrogens is 1. The quantitative estimate of drug-likeness (QED) is 0.209. The zero-order valence-corrected chi connectivity index (χ0v) is 20.0. The van der Waals surface area contributed by atoms with Gasteiger partial charge in [-0.3, -0.25) is 0 Å². The Morgan fingerprint density at radius 2 is 1.72 bits per heavy atom. The molecule has 1 aliphatic rings. The minimum atomic E-state index is -0.338. The number of rotatable bonds is 4. The molecular formula is C23H23BrINO3. The van der Waals surface area contributed by atoms with Crippen LogP contribution in [0.2, 0.25) is 0 Å². The van der Waals surface area contributed by atoms with Gasteiger partial charge in [-0.15, -0.1) is 0 Å². The van der Waals surface area contributed by atoms with Crippen molar-refractivity contribution in [1.82, 2.24) is 0 Å². The predicted molar refractivity (Wildman–Crippen MR) is 113 cm³/mol. The van der Waals surface area contributed by atoms with Crippen molar-refractivity contribution in [3.8, 4) is 5.75 Å². The summed E-state index contributed by atoms with van der Waals surface area (Å²) in [5.41, 5.74) is 1.59. The summed E-state index contributed by atoms with van der Waals surface area (Å²) >= 11 is 3.40. The molecule has 1 heterocycles. The molecule has 0 atom stereocenters. The number of ether oxygens (including phenoxy) is 2. The number of hydrogen-bond acceptors (Lipinski definition) is 3. The van der Waals surface area contributed by atoms with Gasteiger partial charge in [-0.25, -0.2) is 4.79 Å². The predicted octanol–water partition coefficient (Wildman–Crippen LogP) is 1.80. The van der Waals surface area contributed by atoms with Crippen LogP contribution in [-0.4, -0.2) is 43.8 Å². The SMILES string of the molecule is C[N+]1(Cc2ccc3ccccc3c2OC(=O)c2ccc(Br)cc2)CCOCC1.[I-]. The van der Waals surface area contributed by atoms with E-state index in [2.05, 4.69) is 35.1 Å². The van der Waals surface area contributed by atoms with Crippen molar-refractivity contribution in [1.29, 1.82) is 0 Å². The van der Waals surface area contributed by atoms with Crippen molar-refractivity contribution < 1.29 is 42.7 Å². The highest BCUT2D eigenvalue weighted by Crippen LogP contribution is 2.33. The monoisotopic (exact) mass is 567 g/mol. The molecule has 1 fully saturated rings. The van der Waals surface area contributed by atoms with E-state index in [0.717, 1.165) is 58.1 Å². The summed E-state index contributed by atoms with van der Waals surface area (Å²) < 4.78 is 13.3. The molecule has 0 N–H and O–H groups in total. The summed E-state index contributed by atoms with van der Waals surface area (Å²) in [7, 11) is 2.23. The van der Waals surface area contributed by atoms with Gasteiger partial charge in [0.05, 0.1) is 25.8 Å². The third-order valence-electron chi connectivity index (χ3n) is 5.34. The molecule has 0 bridgehead atoms. The standard InChI is InChI=1S/C23H23BrNO3.HI/c1-25(12-14-27-15-13-25)16-19-7-6-17-4-2-3-5-21(17)22(19)28-23(26)18-8-10-20(24)11-9-18;/h2-11H,12-16H2,1H3;1H/q+1;/p-1. The molecule has 152 valence electrons. The number of likely N-dealkylation sites (N-methyl/N-ethyl adjacent to an activating group) is 1. The highest BCUT2D eigenvalue weighted by atomic mass is 127. The zero-order valence-electron chi connectivity index (χ0n) is 16.2. The lowest BCUT2D eigenvalue weighted by Gasteiger charge is -2.38. The summed E-state index contributed by atoms with van der Waals surface area (Å²) in [4.78, 5) is 12.8. The zero-order chi connectivity index (χ0) is 19.6. The molecule has 29 heavy (non-hydrogen) atoms. The first kappa shape index (κ1) is 22.2. The van der Waals surface area contributed by atoms with E-state index in [0.29, 0.717) is 11.3 Å². The molecule has 1 aliphatic heterocycles. The van der Waals surface area contributed by atoms with Crippen LogP contribution in [0, 0.1) is 0 Å². The van der Waals surface area contributed by atoms with Crippen molar-refractivity contribution in [3.05, 3.63) is 76.3 Å². The Hall–Kier alpha value is -1.48. The summed E-state index contributed by atoms with van der Waals surface area (Å²) in [6.07, 6.45) is 0. The second-order valence-corrected chi connectivity index (χ2v) is 8.42. The fourth-order valence-corrected chi connectivity index (χ4v) is 3.89. The highest BCUT2D eigenvalue weighted by Gasteiger charge is 2.28. The second kappa shape index (κ2) is 9.55. The maximum absolute atomic E-state index is 12.8. The van der Waals surface area contributed by atoms with E-state index in [1.807, 2.05) is 36.4 Å². The van der Waals surface area contributed by atoms with Crippen LogP contribution in [0.15, 0.2) is 65.1 Å². The fourth-order valence-electron chi connectivity index (χ4n) is 3.62. The van der Waals surface area contributed by atoms with Crippen LogP contribution in [0.4, 0.5) is 0 Å². The lowest BCUT2D eigenvalue weighted by atomic mass is 10.0. The Labute approximate surface area is 196 Å². The number of benzene rings is 3. The molecule has 0 aromatic heterocycles. The second-order valence-electron chi connectivity index (χ2n) is 7.51. The molecule has 4 rings (SSSR count). The van der Waals surface area contributed by atoms with Gasteiger partial charge in [-0.2, -0.15) is 0 Å². The molecular weight excluding hydrogens is 545 g/mol. The lowest BCUT2D eigenvalue weighted by Crippen LogP contribution is -3.00. The van der Waals surface area contributed by atoms with Crippen LogP contribution in [0.25, 0.3) is 10.8 Å². The number of nitrogens with zero attached hydrogens (tertiary/aromatic N) is 1. The smallest absolute Gasteiger partial charge is 0.343 e. The van der Waals surface area contributed by atoms with Crippen LogP contribution >= 0.6 is 15.9 Å². The van der Waals surface area contributed by atoms with Gasteiger partial charge in [0.25, 0.3) is 0 Å². The van der Waals surface area contributed by atoms with Gasteiger partial charge in [0.2, 0.25) is 0 Å². The molecule has 6 heteroatoms. The number of halogens is 2. The van der Waals surface area contributed by atoms with Crippen LogP contribution in [0.3, 0.4) is 0 Å². The van der Waals surface area contributed by atoms with Gasteiger partial charge >= 0.3 is 5.97 Å². The van der Waals surface area contributed by atoms with Gasteiger partial charge < -0.3 is 37.9 Å². The number of esters is 1. The molecule has 4 nitrogen and oxygen atoms in total.